The zero-order valence-corrected chi connectivity index (χ0v) is 13.5. The van der Waals surface area contributed by atoms with Gasteiger partial charge in [-0.2, -0.15) is 0 Å². The van der Waals surface area contributed by atoms with Crippen LogP contribution < -0.4 is 5.32 Å². The third-order valence-electron chi connectivity index (χ3n) is 5.02. The van der Waals surface area contributed by atoms with E-state index in [1.54, 1.807) is 0 Å². The molecule has 3 unspecified atom stereocenters. The van der Waals surface area contributed by atoms with Crippen LogP contribution in [0.3, 0.4) is 0 Å². The van der Waals surface area contributed by atoms with Gasteiger partial charge in [-0.3, -0.25) is 0 Å². The third-order valence-corrected chi connectivity index (χ3v) is 5.02. The Balaban J connectivity index is 2.04. The molecule has 2 nitrogen and oxygen atoms in total. The van der Waals surface area contributed by atoms with Gasteiger partial charge in [0.05, 0.1) is 0 Å². The van der Waals surface area contributed by atoms with Crippen LogP contribution in [0, 0.1) is 12.8 Å². The first-order valence-electron chi connectivity index (χ1n) is 8.06. The van der Waals surface area contributed by atoms with E-state index in [0.29, 0.717) is 6.04 Å². The summed E-state index contributed by atoms with van der Waals surface area (Å²) in [5, 5.41) is 3.50. The molecule has 1 N–H and O–H groups in total. The first-order valence-corrected chi connectivity index (χ1v) is 8.06. The zero-order chi connectivity index (χ0) is 14.5. The van der Waals surface area contributed by atoms with Crippen LogP contribution in [0.4, 0.5) is 0 Å². The van der Waals surface area contributed by atoms with Gasteiger partial charge < -0.3 is 10.2 Å². The van der Waals surface area contributed by atoms with Gasteiger partial charge in [0.25, 0.3) is 0 Å². The maximum Gasteiger partial charge on any atom is 0.0449 e. The van der Waals surface area contributed by atoms with Gasteiger partial charge in [0.1, 0.15) is 0 Å². The lowest BCUT2D eigenvalue weighted by atomic mass is 9.85. The van der Waals surface area contributed by atoms with Gasteiger partial charge in [-0.1, -0.05) is 44.0 Å². The predicted molar refractivity (Wildman–Crippen MR) is 87.0 cm³/mol. The number of nitrogens with zero attached hydrogens (tertiary/aromatic N) is 1. The molecule has 2 rings (SSSR count). The number of aryl methyl sites for hydroxylation is 1. The van der Waals surface area contributed by atoms with Crippen molar-refractivity contribution >= 4 is 0 Å². The molecule has 0 heterocycles. The van der Waals surface area contributed by atoms with E-state index in [2.05, 4.69) is 62.4 Å². The molecule has 1 fully saturated rings. The van der Waals surface area contributed by atoms with Crippen molar-refractivity contribution in [1.82, 2.24) is 10.2 Å². The van der Waals surface area contributed by atoms with E-state index in [1.165, 1.54) is 36.8 Å². The van der Waals surface area contributed by atoms with Gasteiger partial charge in [0, 0.05) is 18.6 Å². The Kier molecular flexibility index (Phi) is 5.62. The molecule has 1 saturated carbocycles. The lowest BCUT2D eigenvalue weighted by Crippen LogP contribution is -2.43. The van der Waals surface area contributed by atoms with Crippen molar-refractivity contribution in [1.29, 1.82) is 0 Å². The fourth-order valence-electron chi connectivity index (χ4n) is 3.70. The molecule has 1 aromatic rings. The Morgan fingerprint density at radius 3 is 2.60 bits per heavy atom. The highest BCUT2D eigenvalue weighted by molar-refractivity contribution is 5.29. The lowest BCUT2D eigenvalue weighted by Gasteiger charge is -2.38. The van der Waals surface area contributed by atoms with Crippen LogP contribution in [0.2, 0.25) is 0 Å². The first-order chi connectivity index (χ1) is 9.63. The molecular weight excluding hydrogens is 244 g/mol. The minimum absolute atomic E-state index is 0.426. The number of rotatable bonds is 5. The number of hydrogen-bond acceptors (Lipinski definition) is 2. The average molecular weight is 274 g/mol. The summed E-state index contributed by atoms with van der Waals surface area (Å²) >= 11 is 0. The minimum Gasteiger partial charge on any atom is -0.312 e. The van der Waals surface area contributed by atoms with Gasteiger partial charge in [0.15, 0.2) is 0 Å². The van der Waals surface area contributed by atoms with Gasteiger partial charge in [0.2, 0.25) is 0 Å². The number of nitrogens with one attached hydrogen (secondary N) is 1. The van der Waals surface area contributed by atoms with Crippen LogP contribution >= 0.6 is 0 Å². The summed E-state index contributed by atoms with van der Waals surface area (Å²) < 4.78 is 0. The standard InChI is InChI=1S/C18H30N2/c1-14-9-5-7-11-16(14)17(19-3)13-20(4)18-12-8-6-10-15(18)2/h5,7,9,11,15,17-19H,6,8,10,12-13H2,1-4H3. The smallest absolute Gasteiger partial charge is 0.0449 e. The Hall–Kier alpha value is -0.860. The maximum absolute atomic E-state index is 3.50. The molecule has 1 aliphatic rings. The van der Waals surface area contributed by atoms with Crippen LogP contribution in [-0.2, 0) is 0 Å². The quantitative estimate of drug-likeness (QED) is 0.879. The highest BCUT2D eigenvalue weighted by Gasteiger charge is 2.26. The molecule has 0 saturated heterocycles. The summed E-state index contributed by atoms with van der Waals surface area (Å²) in [6.07, 6.45) is 5.57. The molecule has 1 aromatic carbocycles. The van der Waals surface area contributed by atoms with Crippen LogP contribution in [0.15, 0.2) is 24.3 Å². The molecule has 2 heteroatoms. The summed E-state index contributed by atoms with van der Waals surface area (Å²) in [7, 11) is 4.38. The molecule has 0 bridgehead atoms. The van der Waals surface area contributed by atoms with Crippen molar-refractivity contribution in [2.75, 3.05) is 20.6 Å². The summed E-state index contributed by atoms with van der Waals surface area (Å²) in [5.41, 5.74) is 2.82. The second-order valence-corrected chi connectivity index (χ2v) is 6.47. The van der Waals surface area contributed by atoms with Crippen LogP contribution in [-0.4, -0.2) is 31.6 Å². The predicted octanol–water partition coefficient (Wildman–Crippen LogP) is 3.77. The van der Waals surface area contributed by atoms with E-state index < -0.39 is 0 Å². The minimum atomic E-state index is 0.426. The van der Waals surface area contributed by atoms with Crippen LogP contribution in [0.25, 0.3) is 0 Å². The van der Waals surface area contributed by atoms with Crippen molar-refractivity contribution in [3.63, 3.8) is 0 Å². The van der Waals surface area contributed by atoms with E-state index in [-0.39, 0.29) is 0 Å². The van der Waals surface area contributed by atoms with Crippen molar-refractivity contribution in [3.8, 4) is 0 Å². The fraction of sp³-hybridized carbons (Fsp3) is 0.667. The van der Waals surface area contributed by atoms with Gasteiger partial charge in [-0.25, -0.2) is 0 Å². The molecule has 3 atom stereocenters. The molecule has 112 valence electrons. The summed E-state index contributed by atoms with van der Waals surface area (Å²) in [5.74, 6) is 0.836. The van der Waals surface area contributed by atoms with Gasteiger partial charge in [-0.15, -0.1) is 0 Å². The molecule has 0 amide bonds. The SMILES string of the molecule is CNC(CN(C)C1CCCCC1C)c1ccccc1C. The Morgan fingerprint density at radius 1 is 1.25 bits per heavy atom. The largest absolute Gasteiger partial charge is 0.312 e. The number of benzene rings is 1. The van der Waals surface area contributed by atoms with Gasteiger partial charge >= 0.3 is 0 Å². The molecule has 0 aliphatic heterocycles. The van der Waals surface area contributed by atoms with E-state index in [0.717, 1.165) is 18.5 Å². The Bertz CT molecular complexity index is 416. The lowest BCUT2D eigenvalue weighted by molar-refractivity contribution is 0.129. The first kappa shape index (κ1) is 15.5. The maximum atomic E-state index is 3.50. The van der Waals surface area contributed by atoms with Crippen molar-refractivity contribution < 1.29 is 0 Å². The van der Waals surface area contributed by atoms with E-state index in [9.17, 15) is 0 Å². The van der Waals surface area contributed by atoms with Gasteiger partial charge in [-0.05, 0) is 50.9 Å². The molecule has 0 aromatic heterocycles. The third kappa shape index (κ3) is 3.62. The number of hydrogen-bond donors (Lipinski definition) is 1. The average Bonchev–Trinajstić information content (AvgIpc) is 2.46. The van der Waals surface area contributed by atoms with Crippen molar-refractivity contribution in [2.24, 2.45) is 5.92 Å². The molecule has 0 spiro atoms. The molecular formula is C18H30N2. The molecule has 1 aliphatic carbocycles. The Labute approximate surface area is 124 Å². The normalized spacial score (nSPS) is 24.9. The number of likely N-dealkylation sites (N-methyl/N-ethyl adjacent to an activating group) is 2. The van der Waals surface area contributed by atoms with Crippen molar-refractivity contribution in [2.45, 2.75) is 51.6 Å². The Morgan fingerprint density at radius 2 is 1.95 bits per heavy atom. The second kappa shape index (κ2) is 7.24. The summed E-state index contributed by atoms with van der Waals surface area (Å²) in [6, 6.07) is 9.92. The van der Waals surface area contributed by atoms with E-state index in [1.807, 2.05) is 0 Å². The molecule has 20 heavy (non-hydrogen) atoms. The fourth-order valence-corrected chi connectivity index (χ4v) is 3.70. The van der Waals surface area contributed by atoms with E-state index in [4.69, 9.17) is 0 Å². The zero-order valence-electron chi connectivity index (χ0n) is 13.5. The highest BCUT2D eigenvalue weighted by Crippen LogP contribution is 2.29. The van der Waals surface area contributed by atoms with Crippen LogP contribution in [0.1, 0.15) is 49.8 Å². The monoisotopic (exact) mass is 274 g/mol. The second-order valence-electron chi connectivity index (χ2n) is 6.47. The summed E-state index contributed by atoms with van der Waals surface area (Å²) in [4.78, 5) is 2.58. The molecule has 0 radical (unpaired) electrons. The topological polar surface area (TPSA) is 15.3 Å². The van der Waals surface area contributed by atoms with E-state index >= 15 is 0 Å². The summed E-state index contributed by atoms with van der Waals surface area (Å²) in [6.45, 7) is 5.72. The van der Waals surface area contributed by atoms with Crippen LogP contribution in [0.5, 0.6) is 0 Å². The highest BCUT2D eigenvalue weighted by atomic mass is 15.2. The van der Waals surface area contributed by atoms with Crippen molar-refractivity contribution in [3.05, 3.63) is 35.4 Å².